The standard InChI is InChI=1S/C27H30F3N3O3/c1-3-5-15-33(26(35)31-23-13-11-21(12-14-23)25(34)36-4-2)19-24-10-7-16-32(24)18-20-8-6-9-22(17-20)27(28,29)30/h6-14,16-17H,3-5,15,18-19H2,1-2H3,(H,31,35). The van der Waals surface area contributed by atoms with E-state index >= 15 is 0 Å². The summed E-state index contributed by atoms with van der Waals surface area (Å²) in [6.07, 6.45) is -0.925. The Hall–Kier alpha value is -3.75. The number of hydrogen-bond donors (Lipinski definition) is 1. The minimum Gasteiger partial charge on any atom is -0.462 e. The Kier molecular flexibility index (Phi) is 9.16. The highest BCUT2D eigenvalue weighted by atomic mass is 19.4. The minimum absolute atomic E-state index is 0.255. The van der Waals surface area contributed by atoms with Gasteiger partial charge in [-0.1, -0.05) is 25.5 Å². The summed E-state index contributed by atoms with van der Waals surface area (Å²) in [4.78, 5) is 26.6. The second-order valence-corrected chi connectivity index (χ2v) is 8.33. The van der Waals surface area contributed by atoms with Gasteiger partial charge < -0.3 is 19.5 Å². The molecular formula is C27H30F3N3O3. The highest BCUT2D eigenvalue weighted by Crippen LogP contribution is 2.29. The number of esters is 1. The van der Waals surface area contributed by atoms with Crippen LogP contribution in [0.2, 0.25) is 0 Å². The van der Waals surface area contributed by atoms with E-state index in [1.165, 1.54) is 6.07 Å². The van der Waals surface area contributed by atoms with E-state index in [2.05, 4.69) is 5.32 Å². The lowest BCUT2D eigenvalue weighted by Crippen LogP contribution is -2.36. The molecule has 9 heteroatoms. The van der Waals surface area contributed by atoms with Crippen molar-refractivity contribution >= 4 is 17.7 Å². The van der Waals surface area contributed by atoms with Crippen molar-refractivity contribution in [2.75, 3.05) is 18.5 Å². The van der Waals surface area contributed by atoms with Gasteiger partial charge in [-0.15, -0.1) is 0 Å². The van der Waals surface area contributed by atoms with E-state index in [0.717, 1.165) is 30.7 Å². The Balaban J connectivity index is 1.71. The van der Waals surface area contributed by atoms with Gasteiger partial charge >= 0.3 is 18.2 Å². The fourth-order valence-corrected chi connectivity index (χ4v) is 3.69. The predicted octanol–water partition coefficient (Wildman–Crippen LogP) is 6.57. The van der Waals surface area contributed by atoms with Crippen molar-refractivity contribution in [1.29, 1.82) is 0 Å². The molecule has 0 aliphatic heterocycles. The van der Waals surface area contributed by atoms with Gasteiger partial charge in [0.15, 0.2) is 0 Å². The van der Waals surface area contributed by atoms with E-state index in [-0.39, 0.29) is 19.2 Å². The number of unbranched alkanes of at least 4 members (excludes halogenated alkanes) is 1. The molecule has 0 unspecified atom stereocenters. The zero-order valence-corrected chi connectivity index (χ0v) is 20.3. The molecule has 1 aromatic heterocycles. The second kappa shape index (κ2) is 12.3. The number of carbonyl (C=O) groups excluding carboxylic acids is 2. The molecule has 0 saturated heterocycles. The molecule has 6 nitrogen and oxygen atoms in total. The molecule has 1 heterocycles. The van der Waals surface area contributed by atoms with Crippen LogP contribution in [0.15, 0.2) is 66.9 Å². The fourth-order valence-electron chi connectivity index (χ4n) is 3.69. The van der Waals surface area contributed by atoms with Crippen molar-refractivity contribution in [1.82, 2.24) is 9.47 Å². The largest absolute Gasteiger partial charge is 0.462 e. The lowest BCUT2D eigenvalue weighted by atomic mass is 10.1. The first kappa shape index (κ1) is 26.8. The lowest BCUT2D eigenvalue weighted by molar-refractivity contribution is -0.137. The van der Waals surface area contributed by atoms with Crippen LogP contribution in [0.5, 0.6) is 0 Å². The van der Waals surface area contributed by atoms with Crippen LogP contribution >= 0.6 is 0 Å². The Bertz CT molecular complexity index is 1160. The van der Waals surface area contributed by atoms with Gasteiger partial charge in [-0.2, -0.15) is 13.2 Å². The van der Waals surface area contributed by atoms with Crippen LogP contribution in [-0.4, -0.2) is 34.6 Å². The number of alkyl halides is 3. The Morgan fingerprint density at radius 2 is 1.78 bits per heavy atom. The summed E-state index contributed by atoms with van der Waals surface area (Å²) in [7, 11) is 0. The number of hydrogen-bond acceptors (Lipinski definition) is 3. The van der Waals surface area contributed by atoms with Gasteiger partial charge in [-0.05, 0) is 67.4 Å². The first-order chi connectivity index (χ1) is 17.2. The molecule has 0 radical (unpaired) electrons. The van der Waals surface area contributed by atoms with Crippen molar-refractivity contribution in [3.63, 3.8) is 0 Å². The summed E-state index contributed by atoms with van der Waals surface area (Å²) in [6.45, 7) is 5.09. The maximum atomic E-state index is 13.1. The first-order valence-electron chi connectivity index (χ1n) is 11.8. The number of aromatic nitrogens is 1. The number of ether oxygens (including phenoxy) is 1. The van der Waals surface area contributed by atoms with Crippen LogP contribution in [0.25, 0.3) is 0 Å². The third-order valence-electron chi connectivity index (χ3n) is 5.60. The Morgan fingerprint density at radius 1 is 1.03 bits per heavy atom. The highest BCUT2D eigenvalue weighted by molar-refractivity contribution is 5.92. The van der Waals surface area contributed by atoms with Crippen molar-refractivity contribution in [2.24, 2.45) is 0 Å². The molecule has 0 spiro atoms. The molecule has 2 aromatic carbocycles. The van der Waals surface area contributed by atoms with Gasteiger partial charge in [0, 0.05) is 30.7 Å². The molecule has 192 valence electrons. The van der Waals surface area contributed by atoms with E-state index < -0.39 is 17.7 Å². The number of nitrogens with zero attached hydrogens (tertiary/aromatic N) is 2. The third-order valence-corrected chi connectivity index (χ3v) is 5.60. The van der Waals surface area contributed by atoms with Crippen LogP contribution in [0, 0.1) is 0 Å². The van der Waals surface area contributed by atoms with Crippen molar-refractivity contribution in [2.45, 2.75) is 46.0 Å². The van der Waals surface area contributed by atoms with Crippen LogP contribution < -0.4 is 5.32 Å². The molecule has 0 fully saturated rings. The minimum atomic E-state index is -4.40. The number of halogens is 3. The molecule has 2 amide bonds. The van der Waals surface area contributed by atoms with E-state index in [1.807, 2.05) is 23.6 Å². The molecule has 0 atom stereocenters. The molecule has 3 rings (SSSR count). The van der Waals surface area contributed by atoms with Crippen molar-refractivity contribution in [3.05, 3.63) is 89.2 Å². The quantitative estimate of drug-likeness (QED) is 0.320. The highest BCUT2D eigenvalue weighted by Gasteiger charge is 2.30. The molecule has 0 saturated carbocycles. The molecule has 3 aromatic rings. The van der Waals surface area contributed by atoms with Crippen molar-refractivity contribution in [3.8, 4) is 0 Å². The zero-order chi connectivity index (χ0) is 26.1. The van der Waals surface area contributed by atoms with Gasteiger partial charge in [-0.25, -0.2) is 9.59 Å². The molecule has 0 bridgehead atoms. The number of anilines is 1. The Morgan fingerprint density at radius 3 is 2.44 bits per heavy atom. The predicted molar refractivity (Wildman–Crippen MR) is 132 cm³/mol. The van der Waals surface area contributed by atoms with Crippen LogP contribution in [0.4, 0.5) is 23.7 Å². The zero-order valence-electron chi connectivity index (χ0n) is 20.3. The van der Waals surface area contributed by atoms with E-state index in [9.17, 15) is 22.8 Å². The van der Waals surface area contributed by atoms with Gasteiger partial charge in [0.25, 0.3) is 0 Å². The summed E-state index contributed by atoms with van der Waals surface area (Å²) in [5.74, 6) is -0.429. The fraction of sp³-hybridized carbons (Fsp3) is 0.333. The van der Waals surface area contributed by atoms with E-state index in [0.29, 0.717) is 29.9 Å². The average Bonchev–Trinajstić information content (AvgIpc) is 3.28. The summed E-state index contributed by atoms with van der Waals surface area (Å²) < 4.78 is 46.1. The number of amides is 2. The molecule has 36 heavy (non-hydrogen) atoms. The number of benzene rings is 2. The Labute approximate surface area is 208 Å². The van der Waals surface area contributed by atoms with Crippen molar-refractivity contribution < 1.29 is 27.5 Å². The summed E-state index contributed by atoms with van der Waals surface area (Å²) in [6, 6.07) is 15.1. The topological polar surface area (TPSA) is 63.6 Å². The van der Waals surface area contributed by atoms with Gasteiger partial charge in [-0.3, -0.25) is 0 Å². The second-order valence-electron chi connectivity index (χ2n) is 8.33. The average molecular weight is 502 g/mol. The molecule has 0 aliphatic carbocycles. The molecular weight excluding hydrogens is 471 g/mol. The van der Waals surface area contributed by atoms with Gasteiger partial charge in [0.2, 0.25) is 0 Å². The lowest BCUT2D eigenvalue weighted by Gasteiger charge is -2.24. The number of urea groups is 1. The monoisotopic (exact) mass is 501 g/mol. The summed E-state index contributed by atoms with van der Waals surface area (Å²) in [5.41, 5.74) is 1.57. The smallest absolute Gasteiger partial charge is 0.416 e. The molecule has 1 N–H and O–H groups in total. The number of carbonyl (C=O) groups is 2. The maximum Gasteiger partial charge on any atom is 0.416 e. The summed E-state index contributed by atoms with van der Waals surface area (Å²) in [5, 5.41) is 2.86. The maximum absolute atomic E-state index is 13.1. The third kappa shape index (κ3) is 7.37. The van der Waals surface area contributed by atoms with Gasteiger partial charge in [0.05, 0.1) is 24.3 Å². The van der Waals surface area contributed by atoms with Crippen LogP contribution in [0.1, 0.15) is 53.9 Å². The molecule has 0 aliphatic rings. The van der Waals surface area contributed by atoms with E-state index in [1.54, 1.807) is 48.4 Å². The van der Waals surface area contributed by atoms with Crippen LogP contribution in [0.3, 0.4) is 0 Å². The number of rotatable bonds is 10. The summed E-state index contributed by atoms with van der Waals surface area (Å²) >= 11 is 0. The SMILES string of the molecule is CCCCN(Cc1cccn1Cc1cccc(C(F)(F)F)c1)C(=O)Nc1ccc(C(=O)OCC)cc1. The first-order valence-corrected chi connectivity index (χ1v) is 11.8. The van der Waals surface area contributed by atoms with E-state index in [4.69, 9.17) is 4.74 Å². The normalized spacial score (nSPS) is 11.2. The van der Waals surface area contributed by atoms with Crippen LogP contribution in [-0.2, 0) is 24.0 Å². The number of nitrogens with one attached hydrogen (secondary N) is 1. The van der Waals surface area contributed by atoms with Gasteiger partial charge in [0.1, 0.15) is 0 Å².